The van der Waals surface area contributed by atoms with Crippen molar-refractivity contribution in [3.63, 3.8) is 0 Å². The van der Waals surface area contributed by atoms with Gasteiger partial charge in [0.1, 0.15) is 12.6 Å². The Kier molecular flexibility index (Phi) is 7.53. The van der Waals surface area contributed by atoms with E-state index in [0.29, 0.717) is 6.42 Å². The predicted molar refractivity (Wildman–Crippen MR) is 126 cm³/mol. The molecule has 0 spiro atoms. The Morgan fingerprint density at radius 3 is 2.21 bits per heavy atom. The molecule has 0 saturated carbocycles. The third-order valence-corrected chi connectivity index (χ3v) is 6.30. The maximum absolute atomic E-state index is 12.7. The molecule has 1 aliphatic rings. The summed E-state index contributed by atoms with van der Waals surface area (Å²) in [6.07, 6.45) is 1.34. The Balaban J connectivity index is 1.60. The van der Waals surface area contributed by atoms with Crippen molar-refractivity contribution in [1.82, 2.24) is 10.6 Å². The highest BCUT2D eigenvalue weighted by Crippen LogP contribution is 2.44. The first-order valence-corrected chi connectivity index (χ1v) is 11.0. The van der Waals surface area contributed by atoms with E-state index >= 15 is 0 Å². The van der Waals surface area contributed by atoms with Crippen molar-refractivity contribution in [2.75, 3.05) is 13.2 Å². The van der Waals surface area contributed by atoms with Gasteiger partial charge in [0.2, 0.25) is 5.91 Å². The van der Waals surface area contributed by atoms with Gasteiger partial charge in [0.25, 0.3) is 0 Å². The van der Waals surface area contributed by atoms with Crippen molar-refractivity contribution in [3.8, 4) is 11.1 Å². The molecule has 0 heterocycles. The highest BCUT2D eigenvalue weighted by atomic mass is 16.5. The molecular formula is C26H30N2O5. The number of amides is 2. The number of benzene rings is 2. The van der Waals surface area contributed by atoms with Crippen LogP contribution in [0.4, 0.5) is 4.79 Å². The van der Waals surface area contributed by atoms with Crippen LogP contribution in [0.25, 0.3) is 11.1 Å². The van der Waals surface area contributed by atoms with E-state index in [2.05, 4.69) is 29.3 Å². The number of rotatable bonds is 10. The molecule has 0 fully saturated rings. The SMILES string of the molecule is C=CCC(NC(=O)C(C)(CC)CNC(=O)OCC1c2ccccc2-c2ccccc21)C(=O)O. The molecule has 174 valence electrons. The Morgan fingerprint density at radius 1 is 1.12 bits per heavy atom. The number of carboxylic acid groups (broad SMARTS) is 1. The van der Waals surface area contributed by atoms with Gasteiger partial charge in [0, 0.05) is 12.5 Å². The lowest BCUT2D eigenvalue weighted by Crippen LogP contribution is -2.51. The molecule has 2 amide bonds. The number of hydrogen-bond donors (Lipinski definition) is 3. The van der Waals surface area contributed by atoms with Gasteiger partial charge < -0.3 is 20.5 Å². The molecule has 7 heteroatoms. The number of ether oxygens (including phenoxy) is 1. The predicted octanol–water partition coefficient (Wildman–Crippen LogP) is 4.09. The van der Waals surface area contributed by atoms with Crippen LogP contribution in [0.1, 0.15) is 43.7 Å². The minimum atomic E-state index is -1.13. The third kappa shape index (κ3) is 5.25. The normalized spacial score (nSPS) is 14.8. The molecule has 0 bridgehead atoms. The summed E-state index contributed by atoms with van der Waals surface area (Å²) >= 11 is 0. The summed E-state index contributed by atoms with van der Waals surface area (Å²) in [5, 5.41) is 14.5. The zero-order valence-electron chi connectivity index (χ0n) is 19.0. The number of aliphatic carboxylic acids is 1. The van der Waals surface area contributed by atoms with E-state index in [1.54, 1.807) is 6.92 Å². The quantitative estimate of drug-likeness (QED) is 0.473. The van der Waals surface area contributed by atoms with E-state index in [9.17, 15) is 19.5 Å². The number of fused-ring (bicyclic) bond motifs is 3. The standard InChI is InChI=1S/C26H30N2O5/c1-4-10-22(23(29)30)28-24(31)26(3,5-2)16-27-25(32)33-15-21-19-13-8-6-11-17(19)18-12-7-9-14-20(18)21/h4,6-9,11-14,21-22H,1,5,10,15-16H2,2-3H3,(H,27,32)(H,28,31)(H,29,30). The molecule has 2 atom stereocenters. The molecule has 3 N–H and O–H groups in total. The van der Waals surface area contributed by atoms with Gasteiger partial charge >= 0.3 is 12.1 Å². The van der Waals surface area contributed by atoms with Crippen molar-refractivity contribution >= 4 is 18.0 Å². The Morgan fingerprint density at radius 2 is 1.70 bits per heavy atom. The van der Waals surface area contributed by atoms with Gasteiger partial charge in [-0.1, -0.05) is 61.5 Å². The van der Waals surface area contributed by atoms with Gasteiger partial charge in [-0.25, -0.2) is 9.59 Å². The van der Waals surface area contributed by atoms with Gasteiger partial charge in [0.15, 0.2) is 0 Å². The monoisotopic (exact) mass is 450 g/mol. The molecule has 2 unspecified atom stereocenters. The van der Waals surface area contributed by atoms with Crippen LogP contribution in [-0.2, 0) is 14.3 Å². The van der Waals surface area contributed by atoms with E-state index in [1.807, 2.05) is 43.3 Å². The van der Waals surface area contributed by atoms with E-state index in [1.165, 1.54) is 6.08 Å². The fourth-order valence-corrected chi connectivity index (χ4v) is 4.00. The summed E-state index contributed by atoms with van der Waals surface area (Å²) < 4.78 is 5.53. The smallest absolute Gasteiger partial charge is 0.407 e. The molecule has 0 aromatic heterocycles. The fourth-order valence-electron chi connectivity index (χ4n) is 4.00. The van der Waals surface area contributed by atoms with Crippen LogP contribution < -0.4 is 10.6 Å². The number of alkyl carbamates (subject to hydrolysis) is 1. The van der Waals surface area contributed by atoms with Crippen LogP contribution in [0.5, 0.6) is 0 Å². The molecular weight excluding hydrogens is 420 g/mol. The minimum absolute atomic E-state index is 0.0203. The second kappa shape index (κ2) is 10.3. The average molecular weight is 451 g/mol. The van der Waals surface area contributed by atoms with Crippen LogP contribution in [0, 0.1) is 5.41 Å². The second-order valence-electron chi connectivity index (χ2n) is 8.48. The van der Waals surface area contributed by atoms with E-state index < -0.39 is 29.4 Å². The molecule has 2 aromatic carbocycles. The topological polar surface area (TPSA) is 105 Å². The highest BCUT2D eigenvalue weighted by Gasteiger charge is 2.35. The van der Waals surface area contributed by atoms with Crippen LogP contribution in [0.15, 0.2) is 61.2 Å². The van der Waals surface area contributed by atoms with Crippen LogP contribution in [0.3, 0.4) is 0 Å². The van der Waals surface area contributed by atoms with Gasteiger partial charge in [-0.2, -0.15) is 0 Å². The maximum atomic E-state index is 12.7. The maximum Gasteiger partial charge on any atom is 0.407 e. The first kappa shape index (κ1) is 24.0. The lowest BCUT2D eigenvalue weighted by atomic mass is 9.86. The van der Waals surface area contributed by atoms with Crippen LogP contribution >= 0.6 is 0 Å². The summed E-state index contributed by atoms with van der Waals surface area (Å²) in [5.41, 5.74) is 3.53. The van der Waals surface area contributed by atoms with Crippen molar-refractivity contribution in [2.24, 2.45) is 5.41 Å². The average Bonchev–Trinajstić information content (AvgIpc) is 3.14. The lowest BCUT2D eigenvalue weighted by Gasteiger charge is -2.28. The lowest BCUT2D eigenvalue weighted by molar-refractivity contribution is -0.143. The second-order valence-corrected chi connectivity index (χ2v) is 8.48. The van der Waals surface area contributed by atoms with E-state index in [-0.39, 0.29) is 25.5 Å². The molecule has 0 aliphatic heterocycles. The van der Waals surface area contributed by atoms with Crippen molar-refractivity contribution in [1.29, 1.82) is 0 Å². The zero-order valence-corrected chi connectivity index (χ0v) is 19.0. The van der Waals surface area contributed by atoms with Gasteiger partial charge in [-0.3, -0.25) is 4.79 Å². The number of nitrogens with one attached hydrogen (secondary N) is 2. The van der Waals surface area contributed by atoms with Crippen LogP contribution in [-0.4, -0.2) is 42.3 Å². The summed E-state index contributed by atoms with van der Waals surface area (Å²) in [6, 6.07) is 15.1. The zero-order chi connectivity index (χ0) is 24.0. The molecule has 0 saturated heterocycles. The van der Waals surface area contributed by atoms with Gasteiger partial charge in [0.05, 0.1) is 5.41 Å². The third-order valence-electron chi connectivity index (χ3n) is 6.30. The molecule has 1 aliphatic carbocycles. The fraction of sp³-hybridized carbons (Fsp3) is 0.346. The number of carbonyl (C=O) groups excluding carboxylic acids is 2. The summed E-state index contributed by atoms with van der Waals surface area (Å²) in [4.78, 5) is 36.5. The largest absolute Gasteiger partial charge is 0.480 e. The Bertz CT molecular complexity index is 1000. The molecule has 2 aromatic rings. The highest BCUT2D eigenvalue weighted by molar-refractivity contribution is 5.88. The van der Waals surface area contributed by atoms with Crippen LogP contribution in [0.2, 0.25) is 0 Å². The summed E-state index contributed by atoms with van der Waals surface area (Å²) in [5.74, 6) is -1.64. The van der Waals surface area contributed by atoms with E-state index in [4.69, 9.17) is 4.74 Å². The number of carboxylic acids is 1. The summed E-state index contributed by atoms with van der Waals surface area (Å²) in [7, 11) is 0. The molecule has 7 nitrogen and oxygen atoms in total. The van der Waals surface area contributed by atoms with Crippen molar-refractivity contribution in [3.05, 3.63) is 72.3 Å². The number of hydrogen-bond acceptors (Lipinski definition) is 4. The Hall–Kier alpha value is -3.61. The van der Waals surface area contributed by atoms with Gasteiger partial charge in [-0.05, 0) is 42.0 Å². The van der Waals surface area contributed by atoms with Crippen molar-refractivity contribution in [2.45, 2.75) is 38.6 Å². The van der Waals surface area contributed by atoms with Crippen molar-refractivity contribution < 1.29 is 24.2 Å². The first-order valence-electron chi connectivity index (χ1n) is 11.0. The molecule has 33 heavy (non-hydrogen) atoms. The Labute approximate surface area is 193 Å². The minimum Gasteiger partial charge on any atom is -0.480 e. The molecule has 3 rings (SSSR count). The van der Waals surface area contributed by atoms with Gasteiger partial charge in [-0.15, -0.1) is 6.58 Å². The van der Waals surface area contributed by atoms with E-state index in [0.717, 1.165) is 22.3 Å². The number of carbonyl (C=O) groups is 3. The molecule has 0 radical (unpaired) electrons. The summed E-state index contributed by atoms with van der Waals surface area (Å²) in [6.45, 7) is 7.21. The first-order chi connectivity index (χ1) is 15.8.